The summed E-state index contributed by atoms with van der Waals surface area (Å²) in [6.45, 7) is 7.88. The number of esters is 1. The summed E-state index contributed by atoms with van der Waals surface area (Å²) in [6, 6.07) is 7.36. The highest BCUT2D eigenvalue weighted by Gasteiger charge is 2.24. The highest BCUT2D eigenvalue weighted by Crippen LogP contribution is 2.24. The van der Waals surface area contributed by atoms with E-state index < -0.39 is 11.0 Å². The van der Waals surface area contributed by atoms with E-state index in [1.165, 1.54) is 0 Å². The predicted molar refractivity (Wildman–Crippen MR) is 92.6 cm³/mol. The van der Waals surface area contributed by atoms with Crippen molar-refractivity contribution < 1.29 is 18.5 Å². The summed E-state index contributed by atoms with van der Waals surface area (Å²) >= 11 is 0. The van der Waals surface area contributed by atoms with E-state index in [9.17, 15) is 9.00 Å². The Balaban J connectivity index is 2.86. The molecule has 1 aromatic rings. The molecule has 0 saturated carbocycles. The molecule has 0 aliphatic rings. The topological polar surface area (TPSA) is 64.6 Å². The quantitative estimate of drug-likeness (QED) is 0.738. The highest BCUT2D eigenvalue weighted by molar-refractivity contribution is 7.84. The molecule has 0 saturated heterocycles. The number of carbonyl (C=O) groups is 1. The van der Waals surface area contributed by atoms with E-state index >= 15 is 0 Å². The Labute approximate surface area is 141 Å². The van der Waals surface area contributed by atoms with E-state index in [0.29, 0.717) is 13.0 Å². The lowest BCUT2D eigenvalue weighted by atomic mass is 10.0. The fourth-order valence-electron chi connectivity index (χ4n) is 1.93. The first-order chi connectivity index (χ1) is 10.8. The summed E-state index contributed by atoms with van der Waals surface area (Å²) < 4.78 is 25.3. The van der Waals surface area contributed by atoms with Crippen molar-refractivity contribution in [1.82, 2.24) is 4.72 Å². The number of rotatable bonds is 8. The Morgan fingerprint density at radius 1 is 1.26 bits per heavy atom. The van der Waals surface area contributed by atoms with Crippen LogP contribution in [0.2, 0.25) is 0 Å². The number of hydrogen-bond acceptors (Lipinski definition) is 4. The van der Waals surface area contributed by atoms with Gasteiger partial charge in [-0.2, -0.15) is 0 Å². The van der Waals surface area contributed by atoms with E-state index in [1.807, 2.05) is 45.0 Å². The minimum Gasteiger partial charge on any atom is -0.497 e. The van der Waals surface area contributed by atoms with Crippen LogP contribution in [0.1, 0.15) is 52.1 Å². The van der Waals surface area contributed by atoms with Gasteiger partial charge in [0.2, 0.25) is 0 Å². The lowest BCUT2D eigenvalue weighted by Gasteiger charge is -2.24. The molecule has 1 aromatic carbocycles. The summed E-state index contributed by atoms with van der Waals surface area (Å²) in [5, 5.41) is 0. The molecule has 2 atom stereocenters. The first kappa shape index (κ1) is 19.6. The van der Waals surface area contributed by atoms with Crippen LogP contribution in [0.3, 0.4) is 0 Å². The number of nitrogens with one attached hydrogen (secondary N) is 1. The molecule has 23 heavy (non-hydrogen) atoms. The second-order valence-corrected chi connectivity index (χ2v) is 8.17. The zero-order valence-electron chi connectivity index (χ0n) is 14.5. The minimum atomic E-state index is -1.23. The van der Waals surface area contributed by atoms with Gasteiger partial charge in [0.25, 0.3) is 0 Å². The van der Waals surface area contributed by atoms with Crippen molar-refractivity contribution in [3.63, 3.8) is 0 Å². The Morgan fingerprint density at radius 2 is 1.87 bits per heavy atom. The van der Waals surface area contributed by atoms with Gasteiger partial charge in [0.05, 0.1) is 29.4 Å². The van der Waals surface area contributed by atoms with Crippen molar-refractivity contribution >= 4 is 17.0 Å². The molecule has 0 fully saturated rings. The lowest BCUT2D eigenvalue weighted by molar-refractivity contribution is -0.143. The molecule has 1 rings (SSSR count). The average Bonchev–Trinajstić information content (AvgIpc) is 2.50. The second-order valence-electron chi connectivity index (χ2n) is 6.17. The van der Waals surface area contributed by atoms with Gasteiger partial charge in [-0.3, -0.25) is 4.79 Å². The van der Waals surface area contributed by atoms with Gasteiger partial charge in [0.1, 0.15) is 5.75 Å². The Kier molecular flexibility index (Phi) is 7.72. The van der Waals surface area contributed by atoms with Gasteiger partial charge < -0.3 is 9.47 Å². The predicted octanol–water partition coefficient (Wildman–Crippen LogP) is 3.13. The molecular weight excluding hydrogens is 314 g/mol. The Hall–Kier alpha value is -1.40. The molecule has 0 aliphatic heterocycles. The number of hydrogen-bond donors (Lipinski definition) is 1. The summed E-state index contributed by atoms with van der Waals surface area (Å²) in [5.41, 5.74) is 0.965. The SMILES string of the molecule is CCOC(=O)CC[C@@H](NS(=O)C(C)(C)C)c1ccc(OC)cc1. The van der Waals surface area contributed by atoms with E-state index in [-0.39, 0.29) is 23.2 Å². The minimum absolute atomic E-state index is 0.189. The van der Waals surface area contributed by atoms with Crippen LogP contribution >= 0.6 is 0 Å². The largest absolute Gasteiger partial charge is 0.497 e. The third kappa shape index (κ3) is 6.71. The van der Waals surface area contributed by atoms with E-state index in [2.05, 4.69) is 4.72 Å². The van der Waals surface area contributed by atoms with E-state index in [0.717, 1.165) is 11.3 Å². The maximum absolute atomic E-state index is 12.4. The number of carbonyl (C=O) groups excluding carboxylic acids is 1. The van der Waals surface area contributed by atoms with Crippen molar-refractivity contribution in [2.75, 3.05) is 13.7 Å². The maximum atomic E-state index is 12.4. The molecule has 130 valence electrons. The molecule has 0 bridgehead atoms. The van der Waals surface area contributed by atoms with Crippen LogP contribution in [-0.4, -0.2) is 28.6 Å². The van der Waals surface area contributed by atoms with Gasteiger partial charge in [-0.1, -0.05) is 12.1 Å². The van der Waals surface area contributed by atoms with Crippen LogP contribution in [0.25, 0.3) is 0 Å². The standard InChI is InChI=1S/C17H27NO4S/c1-6-22-16(19)12-11-15(18-23(20)17(2,3)4)13-7-9-14(21-5)10-8-13/h7-10,15,18H,6,11-12H2,1-5H3/t15-,23?/m1/s1. The molecule has 1 unspecified atom stereocenters. The third-order valence-corrected chi connectivity index (χ3v) is 4.88. The highest BCUT2D eigenvalue weighted by atomic mass is 32.2. The van der Waals surface area contributed by atoms with Gasteiger partial charge in [-0.05, 0) is 51.8 Å². The smallest absolute Gasteiger partial charge is 0.305 e. The maximum Gasteiger partial charge on any atom is 0.305 e. The van der Waals surface area contributed by atoms with Crippen LogP contribution in [0, 0.1) is 0 Å². The first-order valence-corrected chi connectivity index (χ1v) is 8.90. The van der Waals surface area contributed by atoms with Gasteiger partial charge >= 0.3 is 5.97 Å². The van der Waals surface area contributed by atoms with Crippen molar-refractivity contribution in [2.24, 2.45) is 0 Å². The normalized spacial score (nSPS) is 14.1. The fourth-order valence-corrected chi connectivity index (χ4v) is 2.80. The van der Waals surface area contributed by atoms with Gasteiger partial charge in [-0.25, -0.2) is 8.93 Å². The zero-order valence-corrected chi connectivity index (χ0v) is 15.4. The Morgan fingerprint density at radius 3 is 2.35 bits per heavy atom. The van der Waals surface area contributed by atoms with Crippen LogP contribution in [-0.2, 0) is 20.5 Å². The molecule has 0 aliphatic carbocycles. The first-order valence-electron chi connectivity index (χ1n) is 7.75. The molecule has 6 heteroatoms. The third-order valence-electron chi connectivity index (χ3n) is 3.27. The summed E-state index contributed by atoms with van der Waals surface area (Å²) in [4.78, 5) is 11.6. The van der Waals surface area contributed by atoms with Crippen LogP contribution in [0.5, 0.6) is 5.75 Å². The van der Waals surface area contributed by atoms with Gasteiger partial charge in [-0.15, -0.1) is 0 Å². The van der Waals surface area contributed by atoms with Crippen LogP contribution in [0.15, 0.2) is 24.3 Å². The molecule has 0 radical (unpaired) electrons. The molecule has 5 nitrogen and oxygen atoms in total. The molecule has 0 aromatic heterocycles. The second kappa shape index (κ2) is 9.03. The summed E-state index contributed by atoms with van der Waals surface area (Å²) in [5.74, 6) is 0.518. The van der Waals surface area contributed by atoms with Crippen molar-refractivity contribution in [1.29, 1.82) is 0 Å². The zero-order chi connectivity index (χ0) is 17.5. The number of ether oxygens (including phenoxy) is 2. The van der Waals surface area contributed by atoms with E-state index in [1.54, 1.807) is 14.0 Å². The number of benzene rings is 1. The summed E-state index contributed by atoms with van der Waals surface area (Å²) in [6.07, 6.45) is 0.797. The van der Waals surface area contributed by atoms with Crippen LogP contribution in [0.4, 0.5) is 0 Å². The van der Waals surface area contributed by atoms with Gasteiger partial charge in [0, 0.05) is 12.5 Å². The number of methoxy groups -OCH3 is 1. The monoisotopic (exact) mass is 341 g/mol. The lowest BCUT2D eigenvalue weighted by Crippen LogP contribution is -2.36. The summed E-state index contributed by atoms with van der Waals surface area (Å²) in [7, 11) is 0.384. The van der Waals surface area contributed by atoms with Crippen molar-refractivity contribution in [3.8, 4) is 5.75 Å². The molecule has 0 spiro atoms. The van der Waals surface area contributed by atoms with Gasteiger partial charge in [0.15, 0.2) is 0 Å². The van der Waals surface area contributed by atoms with Crippen molar-refractivity contribution in [3.05, 3.63) is 29.8 Å². The average molecular weight is 341 g/mol. The Bertz CT molecular complexity index is 522. The van der Waals surface area contributed by atoms with E-state index in [4.69, 9.17) is 9.47 Å². The molecule has 0 amide bonds. The molecule has 1 N–H and O–H groups in total. The molecule has 0 heterocycles. The fraction of sp³-hybridized carbons (Fsp3) is 0.588. The molecular formula is C17H27NO4S. The van der Waals surface area contributed by atoms with Crippen molar-refractivity contribution in [2.45, 2.75) is 51.3 Å². The van der Waals surface area contributed by atoms with Crippen LogP contribution < -0.4 is 9.46 Å².